The Balaban J connectivity index is 2.13. The standard InChI is InChI=1S/C18H24O10/c1-10(2)14(20)24-9-18-6-5-11(28-18)12(26-15(21)22)13(18)27-16(23)25-8-17(3,4)7-19/h5-6,11-13,19H,1,7-9H2,2-4H3,(H,21,22). The van der Waals surface area contributed by atoms with Gasteiger partial charge in [-0.25, -0.2) is 14.4 Å². The summed E-state index contributed by atoms with van der Waals surface area (Å²) in [5.41, 5.74) is -1.94. The van der Waals surface area contributed by atoms with Crippen LogP contribution in [0.4, 0.5) is 9.59 Å². The molecule has 0 aromatic rings. The van der Waals surface area contributed by atoms with Crippen molar-refractivity contribution in [2.45, 2.75) is 44.7 Å². The average molecular weight is 400 g/mol. The Kier molecular flexibility index (Phi) is 6.35. The molecule has 0 aliphatic carbocycles. The van der Waals surface area contributed by atoms with E-state index in [0.717, 1.165) is 0 Å². The van der Waals surface area contributed by atoms with E-state index in [-0.39, 0.29) is 25.4 Å². The van der Waals surface area contributed by atoms with E-state index in [1.165, 1.54) is 13.0 Å². The number of aliphatic hydroxyl groups excluding tert-OH is 1. The first kappa shape index (κ1) is 21.7. The molecule has 2 bridgehead atoms. The summed E-state index contributed by atoms with van der Waals surface area (Å²) in [7, 11) is 0. The molecule has 0 radical (unpaired) electrons. The second-order valence-corrected chi connectivity index (χ2v) is 7.50. The number of esters is 1. The summed E-state index contributed by atoms with van der Waals surface area (Å²) in [6, 6.07) is 0. The van der Waals surface area contributed by atoms with Gasteiger partial charge in [-0.15, -0.1) is 0 Å². The number of ether oxygens (including phenoxy) is 5. The van der Waals surface area contributed by atoms with Crippen LogP contribution in [0.5, 0.6) is 0 Å². The summed E-state index contributed by atoms with van der Waals surface area (Å²) in [6.45, 7) is 7.61. The van der Waals surface area contributed by atoms with Crippen LogP contribution >= 0.6 is 0 Å². The number of fused-ring (bicyclic) bond motifs is 2. The minimum Gasteiger partial charge on any atom is -0.459 e. The summed E-state index contributed by atoms with van der Waals surface area (Å²) >= 11 is 0. The molecule has 4 unspecified atom stereocenters. The Morgan fingerprint density at radius 1 is 1.25 bits per heavy atom. The molecule has 2 rings (SSSR count). The van der Waals surface area contributed by atoms with E-state index in [1.807, 2.05) is 0 Å². The molecule has 4 atom stereocenters. The predicted molar refractivity (Wildman–Crippen MR) is 92.5 cm³/mol. The lowest BCUT2D eigenvalue weighted by molar-refractivity contribution is -0.149. The number of hydrogen-bond acceptors (Lipinski definition) is 9. The smallest absolute Gasteiger partial charge is 0.459 e. The zero-order valence-electron chi connectivity index (χ0n) is 15.9. The maximum Gasteiger partial charge on any atom is 0.508 e. The molecule has 0 aromatic heterocycles. The molecule has 0 amide bonds. The molecule has 2 heterocycles. The molecule has 2 aliphatic rings. The van der Waals surface area contributed by atoms with Crippen LogP contribution in [0.1, 0.15) is 20.8 Å². The molecule has 10 heteroatoms. The minimum absolute atomic E-state index is 0.128. The molecular formula is C18H24O10. The molecule has 1 fully saturated rings. The summed E-state index contributed by atoms with van der Waals surface area (Å²) in [4.78, 5) is 34.9. The second kappa shape index (κ2) is 8.19. The van der Waals surface area contributed by atoms with Gasteiger partial charge in [0.15, 0.2) is 17.8 Å². The van der Waals surface area contributed by atoms with Crippen molar-refractivity contribution in [3.05, 3.63) is 24.3 Å². The Hall–Kier alpha value is -2.59. The number of rotatable bonds is 8. The highest BCUT2D eigenvalue weighted by atomic mass is 16.8. The summed E-state index contributed by atoms with van der Waals surface area (Å²) in [6.07, 6.45) is -2.81. The Morgan fingerprint density at radius 2 is 1.93 bits per heavy atom. The predicted octanol–water partition coefficient (Wildman–Crippen LogP) is 1.42. The van der Waals surface area contributed by atoms with E-state index < -0.39 is 47.6 Å². The third kappa shape index (κ3) is 4.82. The van der Waals surface area contributed by atoms with Gasteiger partial charge in [0.1, 0.15) is 19.3 Å². The topological polar surface area (TPSA) is 138 Å². The number of aliphatic hydroxyl groups is 1. The van der Waals surface area contributed by atoms with Crippen LogP contribution in [-0.4, -0.2) is 72.2 Å². The molecule has 1 saturated heterocycles. The molecule has 2 aliphatic heterocycles. The zero-order valence-corrected chi connectivity index (χ0v) is 15.9. The monoisotopic (exact) mass is 400 g/mol. The van der Waals surface area contributed by atoms with Crippen molar-refractivity contribution >= 4 is 18.3 Å². The highest BCUT2D eigenvalue weighted by Gasteiger charge is 2.62. The van der Waals surface area contributed by atoms with Crippen molar-refractivity contribution in [2.75, 3.05) is 19.8 Å². The maximum atomic E-state index is 12.1. The lowest BCUT2D eigenvalue weighted by Gasteiger charge is -2.31. The van der Waals surface area contributed by atoms with E-state index in [0.29, 0.717) is 0 Å². The van der Waals surface area contributed by atoms with Gasteiger partial charge in [-0.1, -0.05) is 26.5 Å². The van der Waals surface area contributed by atoms with Crippen molar-refractivity contribution in [2.24, 2.45) is 5.41 Å². The van der Waals surface area contributed by atoms with Crippen LogP contribution in [0.25, 0.3) is 0 Å². The first-order valence-electron chi connectivity index (χ1n) is 8.53. The largest absolute Gasteiger partial charge is 0.508 e. The maximum absolute atomic E-state index is 12.1. The van der Waals surface area contributed by atoms with E-state index in [4.69, 9.17) is 28.8 Å². The number of carbonyl (C=O) groups excluding carboxylic acids is 2. The summed E-state index contributed by atoms with van der Waals surface area (Å²) in [5, 5.41) is 18.2. The molecule has 28 heavy (non-hydrogen) atoms. The number of carboxylic acid groups (broad SMARTS) is 1. The van der Waals surface area contributed by atoms with Gasteiger partial charge in [0, 0.05) is 11.0 Å². The van der Waals surface area contributed by atoms with Crippen LogP contribution in [0, 0.1) is 5.41 Å². The minimum atomic E-state index is -1.58. The normalized spacial score (nSPS) is 27.9. The van der Waals surface area contributed by atoms with Crippen LogP contribution < -0.4 is 0 Å². The number of carbonyl (C=O) groups is 3. The molecule has 2 N–H and O–H groups in total. The summed E-state index contributed by atoms with van der Waals surface area (Å²) in [5.74, 6) is -0.677. The van der Waals surface area contributed by atoms with E-state index in [2.05, 4.69) is 6.58 Å². The fraction of sp³-hybridized carbons (Fsp3) is 0.611. The van der Waals surface area contributed by atoms with Crippen LogP contribution in [0.15, 0.2) is 24.3 Å². The van der Waals surface area contributed by atoms with Crippen molar-refractivity contribution in [3.8, 4) is 0 Å². The number of hydrogen-bond donors (Lipinski definition) is 2. The fourth-order valence-electron chi connectivity index (χ4n) is 2.69. The molecule has 156 valence electrons. The van der Waals surface area contributed by atoms with Crippen molar-refractivity contribution in [1.29, 1.82) is 0 Å². The van der Waals surface area contributed by atoms with Gasteiger partial charge in [0.25, 0.3) is 0 Å². The molecule has 10 nitrogen and oxygen atoms in total. The summed E-state index contributed by atoms with van der Waals surface area (Å²) < 4.78 is 25.9. The average Bonchev–Trinajstić information content (AvgIpc) is 3.16. The van der Waals surface area contributed by atoms with Gasteiger partial charge in [-0.3, -0.25) is 0 Å². The van der Waals surface area contributed by atoms with Gasteiger partial charge in [0.2, 0.25) is 0 Å². The van der Waals surface area contributed by atoms with Crippen LogP contribution in [0.3, 0.4) is 0 Å². The first-order chi connectivity index (χ1) is 13.0. The van der Waals surface area contributed by atoms with Gasteiger partial charge in [0.05, 0.1) is 6.61 Å². The first-order valence-corrected chi connectivity index (χ1v) is 8.53. The lowest BCUT2D eigenvalue weighted by atomic mass is 9.90. The molecule has 0 spiro atoms. The Bertz CT molecular complexity index is 682. The highest BCUT2D eigenvalue weighted by Crippen LogP contribution is 2.42. The van der Waals surface area contributed by atoms with E-state index in [9.17, 15) is 19.5 Å². The Morgan fingerprint density at radius 3 is 2.50 bits per heavy atom. The van der Waals surface area contributed by atoms with Crippen molar-refractivity contribution in [1.82, 2.24) is 0 Å². The van der Waals surface area contributed by atoms with Crippen LogP contribution in [0.2, 0.25) is 0 Å². The zero-order chi connectivity index (χ0) is 21.1. The highest BCUT2D eigenvalue weighted by molar-refractivity contribution is 5.87. The third-order valence-corrected chi connectivity index (χ3v) is 4.27. The van der Waals surface area contributed by atoms with E-state index >= 15 is 0 Å². The van der Waals surface area contributed by atoms with E-state index in [1.54, 1.807) is 19.9 Å². The molecule has 0 saturated carbocycles. The van der Waals surface area contributed by atoms with Gasteiger partial charge in [-0.2, -0.15) is 0 Å². The molecule has 0 aromatic carbocycles. The van der Waals surface area contributed by atoms with Crippen LogP contribution in [-0.2, 0) is 28.5 Å². The Labute approximate surface area is 161 Å². The third-order valence-electron chi connectivity index (χ3n) is 4.27. The SMILES string of the molecule is C=C(C)C(=O)OCC12C=CC(O1)C(OC(=O)O)C2OC(=O)OCC(C)(C)CO. The molecular weight excluding hydrogens is 376 g/mol. The van der Waals surface area contributed by atoms with Gasteiger partial charge < -0.3 is 33.9 Å². The van der Waals surface area contributed by atoms with Gasteiger partial charge >= 0.3 is 18.3 Å². The fourth-order valence-corrected chi connectivity index (χ4v) is 2.69. The quantitative estimate of drug-likeness (QED) is 0.266. The second-order valence-electron chi connectivity index (χ2n) is 7.50. The van der Waals surface area contributed by atoms with Gasteiger partial charge in [-0.05, 0) is 13.0 Å². The lowest BCUT2D eigenvalue weighted by Crippen LogP contribution is -2.51. The van der Waals surface area contributed by atoms with Crippen molar-refractivity contribution in [3.63, 3.8) is 0 Å². The van der Waals surface area contributed by atoms with Crippen molar-refractivity contribution < 1.29 is 48.3 Å².